The molecule has 0 saturated heterocycles. The number of amides is 1. The summed E-state index contributed by atoms with van der Waals surface area (Å²) < 4.78 is 0. The van der Waals surface area contributed by atoms with Crippen LogP contribution < -0.4 is 11.1 Å². The summed E-state index contributed by atoms with van der Waals surface area (Å²) in [7, 11) is 0. The highest BCUT2D eigenvalue weighted by molar-refractivity contribution is 6.07. The van der Waals surface area contributed by atoms with Crippen molar-refractivity contribution in [2.24, 2.45) is 11.7 Å². The van der Waals surface area contributed by atoms with E-state index >= 15 is 0 Å². The van der Waals surface area contributed by atoms with Gasteiger partial charge in [0, 0.05) is 29.9 Å². The van der Waals surface area contributed by atoms with Gasteiger partial charge in [0.1, 0.15) is 0 Å². The maximum Gasteiger partial charge on any atom is 0.220 e. The first-order valence-electron chi connectivity index (χ1n) is 7.15. The van der Waals surface area contributed by atoms with E-state index in [1.54, 1.807) is 12.4 Å². The second-order valence-corrected chi connectivity index (χ2v) is 5.42. The quantitative estimate of drug-likeness (QED) is 0.726. The molecule has 1 aromatic heterocycles. The lowest BCUT2D eigenvalue weighted by Gasteiger charge is -2.33. The van der Waals surface area contributed by atoms with Gasteiger partial charge in [-0.15, -0.1) is 0 Å². The SMILES string of the molecule is N=C/C(=C\NC1CC(C(N)=O)C1)c1cnc2ccccc2n1. The van der Waals surface area contributed by atoms with Gasteiger partial charge in [-0.3, -0.25) is 9.78 Å². The molecule has 1 amide bonds. The van der Waals surface area contributed by atoms with Crippen LogP contribution in [0.1, 0.15) is 18.5 Å². The van der Waals surface area contributed by atoms with Gasteiger partial charge in [-0.05, 0) is 25.0 Å². The van der Waals surface area contributed by atoms with Gasteiger partial charge in [0.15, 0.2) is 0 Å². The number of carbonyl (C=O) groups is 1. The smallest absolute Gasteiger partial charge is 0.220 e. The molecule has 6 heteroatoms. The van der Waals surface area contributed by atoms with Gasteiger partial charge in [-0.2, -0.15) is 0 Å². The topological polar surface area (TPSA) is 105 Å². The Morgan fingerprint density at radius 1 is 1.32 bits per heavy atom. The third-order valence-corrected chi connectivity index (χ3v) is 3.91. The Morgan fingerprint density at radius 2 is 2.05 bits per heavy atom. The van der Waals surface area contributed by atoms with Gasteiger partial charge >= 0.3 is 0 Å². The Hall–Kier alpha value is -2.76. The van der Waals surface area contributed by atoms with Crippen LogP contribution in [0.4, 0.5) is 0 Å². The fourth-order valence-corrected chi connectivity index (χ4v) is 2.48. The first kappa shape index (κ1) is 14.2. The number of benzene rings is 1. The maximum atomic E-state index is 11.0. The van der Waals surface area contributed by atoms with E-state index in [2.05, 4.69) is 15.3 Å². The van der Waals surface area contributed by atoms with Crippen molar-refractivity contribution < 1.29 is 4.79 Å². The van der Waals surface area contributed by atoms with Crippen molar-refractivity contribution in [3.8, 4) is 0 Å². The number of hydrogen-bond donors (Lipinski definition) is 3. The van der Waals surface area contributed by atoms with Crippen LogP contribution in [0, 0.1) is 11.3 Å². The third kappa shape index (κ3) is 2.81. The number of fused-ring (bicyclic) bond motifs is 1. The fourth-order valence-electron chi connectivity index (χ4n) is 2.48. The van der Waals surface area contributed by atoms with Crippen molar-refractivity contribution in [1.29, 1.82) is 5.41 Å². The second kappa shape index (κ2) is 5.93. The van der Waals surface area contributed by atoms with E-state index in [1.165, 1.54) is 6.21 Å². The molecule has 1 fully saturated rings. The molecule has 0 unspecified atom stereocenters. The lowest BCUT2D eigenvalue weighted by molar-refractivity contribution is -0.124. The van der Waals surface area contributed by atoms with Crippen LogP contribution in [0.2, 0.25) is 0 Å². The Balaban J connectivity index is 1.74. The van der Waals surface area contributed by atoms with Crippen LogP contribution in [0.5, 0.6) is 0 Å². The summed E-state index contributed by atoms with van der Waals surface area (Å²) >= 11 is 0. The molecular formula is C16H17N5O. The normalized spacial score (nSPS) is 21.2. The number of allylic oxidation sites excluding steroid dienone is 1. The molecule has 4 N–H and O–H groups in total. The highest BCUT2D eigenvalue weighted by Crippen LogP contribution is 2.27. The van der Waals surface area contributed by atoms with Crippen LogP contribution in [0.3, 0.4) is 0 Å². The van der Waals surface area contributed by atoms with Gasteiger partial charge in [-0.25, -0.2) is 4.98 Å². The first-order chi connectivity index (χ1) is 10.7. The zero-order chi connectivity index (χ0) is 15.5. The second-order valence-electron chi connectivity index (χ2n) is 5.42. The van der Waals surface area contributed by atoms with Crippen molar-refractivity contribution in [2.45, 2.75) is 18.9 Å². The van der Waals surface area contributed by atoms with E-state index in [1.807, 2.05) is 24.3 Å². The van der Waals surface area contributed by atoms with E-state index in [0.717, 1.165) is 23.9 Å². The van der Waals surface area contributed by atoms with Gasteiger partial charge < -0.3 is 16.5 Å². The zero-order valence-corrected chi connectivity index (χ0v) is 12.0. The summed E-state index contributed by atoms with van der Waals surface area (Å²) in [5.74, 6) is -0.274. The molecule has 1 aliphatic rings. The highest BCUT2D eigenvalue weighted by atomic mass is 16.1. The molecular weight excluding hydrogens is 278 g/mol. The molecule has 0 bridgehead atoms. The minimum absolute atomic E-state index is 0.0326. The minimum atomic E-state index is -0.241. The zero-order valence-electron chi connectivity index (χ0n) is 12.0. The lowest BCUT2D eigenvalue weighted by atomic mass is 9.80. The predicted octanol–water partition coefficient (Wildman–Crippen LogP) is 1.47. The number of primary amides is 1. The van der Waals surface area contributed by atoms with Gasteiger partial charge in [0.25, 0.3) is 0 Å². The Labute approximate surface area is 128 Å². The monoisotopic (exact) mass is 295 g/mol. The van der Waals surface area contributed by atoms with Gasteiger partial charge in [-0.1, -0.05) is 12.1 Å². The molecule has 0 atom stereocenters. The summed E-state index contributed by atoms with van der Waals surface area (Å²) in [6.45, 7) is 0. The molecule has 0 radical (unpaired) electrons. The fraction of sp³-hybridized carbons (Fsp3) is 0.250. The van der Waals surface area contributed by atoms with Crippen LogP contribution in [-0.2, 0) is 4.79 Å². The lowest BCUT2D eigenvalue weighted by Crippen LogP contribution is -2.44. The molecule has 2 aromatic rings. The summed E-state index contributed by atoms with van der Waals surface area (Å²) in [5, 5.41) is 10.8. The Kier molecular flexibility index (Phi) is 3.82. The van der Waals surface area contributed by atoms with E-state index in [-0.39, 0.29) is 17.9 Å². The summed E-state index contributed by atoms with van der Waals surface area (Å²) in [6.07, 6.45) is 6.14. The number of nitrogens with one attached hydrogen (secondary N) is 2. The van der Waals surface area contributed by atoms with Crippen molar-refractivity contribution in [2.75, 3.05) is 0 Å². The van der Waals surface area contributed by atoms with Crippen LogP contribution in [0.25, 0.3) is 16.6 Å². The third-order valence-electron chi connectivity index (χ3n) is 3.91. The minimum Gasteiger partial charge on any atom is -0.388 e. The van der Waals surface area contributed by atoms with Crippen LogP contribution >= 0.6 is 0 Å². The number of aromatic nitrogens is 2. The number of carbonyl (C=O) groups excluding carboxylic acids is 1. The molecule has 1 aliphatic carbocycles. The molecule has 6 nitrogen and oxygen atoms in total. The standard InChI is InChI=1S/C16H17N5O/c17-7-11(8-19-12-5-10(6-12)16(18)22)15-9-20-13-3-1-2-4-14(13)21-15/h1-4,7-10,12,17,19H,5-6H2,(H2,18,22)/b11-8+,17-7?. The summed E-state index contributed by atoms with van der Waals surface area (Å²) in [4.78, 5) is 19.9. The molecule has 112 valence electrons. The van der Waals surface area contributed by atoms with Crippen molar-refractivity contribution in [1.82, 2.24) is 15.3 Å². The number of rotatable bonds is 5. The van der Waals surface area contributed by atoms with Crippen LogP contribution in [-0.4, -0.2) is 28.1 Å². The number of nitrogens with zero attached hydrogens (tertiary/aromatic N) is 2. The van der Waals surface area contributed by atoms with Gasteiger partial charge in [0.05, 0.1) is 22.9 Å². The van der Waals surface area contributed by atoms with E-state index in [4.69, 9.17) is 11.1 Å². The average molecular weight is 295 g/mol. The molecule has 1 saturated carbocycles. The largest absolute Gasteiger partial charge is 0.388 e. The number of para-hydroxylation sites is 2. The Morgan fingerprint density at radius 3 is 2.73 bits per heavy atom. The van der Waals surface area contributed by atoms with E-state index in [0.29, 0.717) is 11.3 Å². The van der Waals surface area contributed by atoms with Crippen molar-refractivity contribution >= 4 is 28.7 Å². The first-order valence-corrected chi connectivity index (χ1v) is 7.15. The Bertz CT molecular complexity index is 749. The van der Waals surface area contributed by atoms with Crippen molar-refractivity contribution in [3.63, 3.8) is 0 Å². The summed E-state index contributed by atoms with van der Waals surface area (Å²) in [6, 6.07) is 7.84. The number of nitrogens with two attached hydrogens (primary N) is 1. The van der Waals surface area contributed by atoms with E-state index in [9.17, 15) is 4.79 Å². The highest BCUT2D eigenvalue weighted by Gasteiger charge is 2.32. The van der Waals surface area contributed by atoms with E-state index < -0.39 is 0 Å². The van der Waals surface area contributed by atoms with Crippen molar-refractivity contribution in [3.05, 3.63) is 42.4 Å². The molecule has 22 heavy (non-hydrogen) atoms. The number of hydrogen-bond acceptors (Lipinski definition) is 5. The molecule has 0 aliphatic heterocycles. The predicted molar refractivity (Wildman–Crippen MR) is 85.1 cm³/mol. The molecule has 1 aromatic carbocycles. The molecule has 3 rings (SSSR count). The van der Waals surface area contributed by atoms with Crippen LogP contribution in [0.15, 0.2) is 36.7 Å². The maximum absolute atomic E-state index is 11.0. The summed E-state index contributed by atoms with van der Waals surface area (Å²) in [5.41, 5.74) is 8.17. The molecule has 0 spiro atoms. The average Bonchev–Trinajstić information content (AvgIpc) is 2.49. The van der Waals surface area contributed by atoms with Gasteiger partial charge in [0.2, 0.25) is 5.91 Å². The molecule has 1 heterocycles.